The molecule has 2 heterocycles. The standard InChI is InChI=1S/C20H25FN2O3/c21-16-8-6-7-15(13-16)18(24)23-17(19(25)22-11-4-5-12-22)14-26-20(23)9-2-1-3-10-20/h6-8,13,17H,1-5,9-12,14H2/t17-/m0/s1. The highest BCUT2D eigenvalue weighted by atomic mass is 19.1. The fourth-order valence-electron chi connectivity index (χ4n) is 4.57. The molecule has 1 spiro atoms. The number of hydrogen-bond donors (Lipinski definition) is 0. The fourth-order valence-corrected chi connectivity index (χ4v) is 4.57. The van der Waals surface area contributed by atoms with Crippen LogP contribution in [0.15, 0.2) is 24.3 Å². The van der Waals surface area contributed by atoms with Gasteiger partial charge in [-0.05, 0) is 56.7 Å². The molecule has 26 heavy (non-hydrogen) atoms. The van der Waals surface area contributed by atoms with Crippen LogP contribution < -0.4 is 0 Å². The third kappa shape index (κ3) is 3.00. The van der Waals surface area contributed by atoms with Crippen molar-refractivity contribution in [2.45, 2.75) is 56.7 Å². The Morgan fingerprint density at radius 3 is 2.50 bits per heavy atom. The monoisotopic (exact) mass is 360 g/mol. The minimum atomic E-state index is -0.721. The van der Waals surface area contributed by atoms with Gasteiger partial charge in [-0.15, -0.1) is 0 Å². The summed E-state index contributed by atoms with van der Waals surface area (Å²) in [6.45, 7) is 1.71. The Labute approximate surface area is 153 Å². The van der Waals surface area contributed by atoms with Crippen molar-refractivity contribution in [3.05, 3.63) is 35.6 Å². The molecule has 5 nitrogen and oxygen atoms in total. The number of likely N-dealkylation sites (tertiary alicyclic amines) is 1. The highest BCUT2D eigenvalue weighted by Crippen LogP contribution is 2.41. The van der Waals surface area contributed by atoms with Gasteiger partial charge >= 0.3 is 0 Å². The van der Waals surface area contributed by atoms with Crippen LogP contribution in [0.3, 0.4) is 0 Å². The Balaban J connectivity index is 1.67. The van der Waals surface area contributed by atoms with Gasteiger partial charge in [0.15, 0.2) is 0 Å². The van der Waals surface area contributed by atoms with Crippen LogP contribution in [0.25, 0.3) is 0 Å². The molecule has 3 aliphatic rings. The third-order valence-electron chi connectivity index (χ3n) is 5.89. The molecule has 1 aromatic carbocycles. The van der Waals surface area contributed by atoms with Gasteiger partial charge in [0.2, 0.25) is 5.91 Å². The zero-order valence-corrected chi connectivity index (χ0v) is 15.0. The minimum absolute atomic E-state index is 0.0327. The van der Waals surface area contributed by atoms with Gasteiger partial charge in [-0.2, -0.15) is 0 Å². The van der Waals surface area contributed by atoms with E-state index in [9.17, 15) is 14.0 Å². The summed E-state index contributed by atoms with van der Waals surface area (Å²) in [5.74, 6) is -0.785. The summed E-state index contributed by atoms with van der Waals surface area (Å²) in [6.07, 6.45) is 6.52. The molecule has 2 saturated heterocycles. The van der Waals surface area contributed by atoms with Crippen molar-refractivity contribution in [1.29, 1.82) is 0 Å². The number of halogens is 1. The van der Waals surface area contributed by atoms with Gasteiger partial charge in [0, 0.05) is 18.7 Å². The van der Waals surface area contributed by atoms with Gasteiger partial charge in [0.25, 0.3) is 5.91 Å². The molecular weight excluding hydrogens is 335 g/mol. The van der Waals surface area contributed by atoms with Crippen LogP contribution in [0, 0.1) is 5.82 Å². The van der Waals surface area contributed by atoms with E-state index in [-0.39, 0.29) is 24.0 Å². The zero-order chi connectivity index (χ0) is 18.1. The molecule has 4 rings (SSSR count). The van der Waals surface area contributed by atoms with E-state index in [2.05, 4.69) is 0 Å². The number of nitrogens with zero attached hydrogens (tertiary/aromatic N) is 2. The van der Waals surface area contributed by atoms with E-state index in [1.165, 1.54) is 18.2 Å². The zero-order valence-electron chi connectivity index (χ0n) is 15.0. The molecule has 2 aliphatic heterocycles. The van der Waals surface area contributed by atoms with Crippen molar-refractivity contribution >= 4 is 11.8 Å². The number of benzene rings is 1. The van der Waals surface area contributed by atoms with Crippen molar-refractivity contribution in [2.24, 2.45) is 0 Å². The van der Waals surface area contributed by atoms with E-state index in [1.54, 1.807) is 11.0 Å². The lowest BCUT2D eigenvalue weighted by atomic mass is 9.89. The molecule has 2 amide bonds. The topological polar surface area (TPSA) is 49.9 Å². The van der Waals surface area contributed by atoms with Crippen LogP contribution in [0.5, 0.6) is 0 Å². The van der Waals surface area contributed by atoms with Gasteiger partial charge in [-0.3, -0.25) is 14.5 Å². The Bertz CT molecular complexity index is 696. The predicted molar refractivity (Wildman–Crippen MR) is 93.9 cm³/mol. The van der Waals surface area contributed by atoms with E-state index in [0.717, 1.165) is 58.0 Å². The van der Waals surface area contributed by atoms with Crippen molar-refractivity contribution in [1.82, 2.24) is 9.80 Å². The SMILES string of the molecule is O=C([C@@H]1COC2(CCCCC2)N1C(=O)c1cccc(F)c1)N1CCCC1. The van der Waals surface area contributed by atoms with Crippen LogP contribution in [-0.2, 0) is 9.53 Å². The summed E-state index contributed by atoms with van der Waals surface area (Å²) in [5, 5.41) is 0. The lowest BCUT2D eigenvalue weighted by Crippen LogP contribution is -2.56. The summed E-state index contributed by atoms with van der Waals surface area (Å²) in [5.41, 5.74) is -0.443. The highest BCUT2D eigenvalue weighted by Gasteiger charge is 2.53. The molecule has 1 aromatic rings. The van der Waals surface area contributed by atoms with Crippen LogP contribution in [0.1, 0.15) is 55.3 Å². The molecule has 3 fully saturated rings. The normalized spacial score (nSPS) is 25.0. The summed E-state index contributed by atoms with van der Waals surface area (Å²) >= 11 is 0. The predicted octanol–water partition coefficient (Wildman–Crippen LogP) is 2.95. The first kappa shape index (κ1) is 17.5. The summed E-state index contributed by atoms with van der Waals surface area (Å²) in [4.78, 5) is 29.9. The first-order chi connectivity index (χ1) is 12.6. The maximum absolute atomic E-state index is 13.7. The quantitative estimate of drug-likeness (QED) is 0.815. The average molecular weight is 360 g/mol. The summed E-state index contributed by atoms with van der Waals surface area (Å²) in [6, 6.07) is 5.10. The maximum Gasteiger partial charge on any atom is 0.256 e. The van der Waals surface area contributed by atoms with Crippen LogP contribution in [-0.4, -0.2) is 53.1 Å². The molecular formula is C20H25FN2O3. The Morgan fingerprint density at radius 2 is 1.81 bits per heavy atom. The minimum Gasteiger partial charge on any atom is -0.353 e. The second-order valence-electron chi connectivity index (χ2n) is 7.55. The lowest BCUT2D eigenvalue weighted by molar-refractivity contribution is -0.136. The Morgan fingerprint density at radius 1 is 1.08 bits per heavy atom. The average Bonchev–Trinajstić information content (AvgIpc) is 3.30. The van der Waals surface area contributed by atoms with Crippen LogP contribution in [0.4, 0.5) is 4.39 Å². The third-order valence-corrected chi connectivity index (χ3v) is 5.89. The molecule has 6 heteroatoms. The number of rotatable bonds is 2. The highest BCUT2D eigenvalue weighted by molar-refractivity contribution is 5.98. The molecule has 1 aliphatic carbocycles. The lowest BCUT2D eigenvalue weighted by Gasteiger charge is -2.42. The van der Waals surface area contributed by atoms with Crippen LogP contribution in [0.2, 0.25) is 0 Å². The molecule has 0 bridgehead atoms. The van der Waals surface area contributed by atoms with Crippen molar-refractivity contribution < 1.29 is 18.7 Å². The van der Waals surface area contributed by atoms with Gasteiger partial charge in [0.1, 0.15) is 17.6 Å². The van der Waals surface area contributed by atoms with E-state index in [4.69, 9.17) is 4.74 Å². The van der Waals surface area contributed by atoms with Gasteiger partial charge in [-0.25, -0.2) is 4.39 Å². The smallest absolute Gasteiger partial charge is 0.256 e. The number of carbonyl (C=O) groups is 2. The number of hydrogen-bond acceptors (Lipinski definition) is 3. The summed E-state index contributed by atoms with van der Waals surface area (Å²) < 4.78 is 19.8. The Kier molecular flexibility index (Phi) is 4.69. The second-order valence-corrected chi connectivity index (χ2v) is 7.55. The van der Waals surface area contributed by atoms with Crippen molar-refractivity contribution in [3.8, 4) is 0 Å². The van der Waals surface area contributed by atoms with Crippen LogP contribution >= 0.6 is 0 Å². The Hall–Kier alpha value is -1.95. The fraction of sp³-hybridized carbons (Fsp3) is 0.600. The molecule has 1 atom stereocenters. The number of ether oxygens (including phenoxy) is 1. The van der Waals surface area contributed by atoms with Crippen molar-refractivity contribution in [2.75, 3.05) is 19.7 Å². The van der Waals surface area contributed by atoms with E-state index in [0.29, 0.717) is 0 Å². The molecule has 1 saturated carbocycles. The van der Waals surface area contributed by atoms with E-state index >= 15 is 0 Å². The van der Waals surface area contributed by atoms with Crippen molar-refractivity contribution in [3.63, 3.8) is 0 Å². The van der Waals surface area contributed by atoms with Gasteiger partial charge in [0.05, 0.1) is 6.61 Å². The molecule has 0 aromatic heterocycles. The molecule has 0 radical (unpaired) electrons. The van der Waals surface area contributed by atoms with Gasteiger partial charge in [-0.1, -0.05) is 12.5 Å². The second kappa shape index (κ2) is 6.99. The van der Waals surface area contributed by atoms with E-state index < -0.39 is 17.6 Å². The summed E-state index contributed by atoms with van der Waals surface area (Å²) in [7, 11) is 0. The maximum atomic E-state index is 13.7. The number of carbonyl (C=O) groups excluding carboxylic acids is 2. The molecule has 0 N–H and O–H groups in total. The molecule has 140 valence electrons. The number of amides is 2. The molecule has 0 unspecified atom stereocenters. The largest absolute Gasteiger partial charge is 0.353 e. The first-order valence-corrected chi connectivity index (χ1v) is 9.63. The van der Waals surface area contributed by atoms with Gasteiger partial charge < -0.3 is 9.64 Å². The first-order valence-electron chi connectivity index (χ1n) is 9.63. The van der Waals surface area contributed by atoms with E-state index in [1.807, 2.05) is 4.90 Å².